The number of nitrogens with one attached hydrogen (secondary N) is 1. The second-order valence-corrected chi connectivity index (χ2v) is 7.58. The van der Waals surface area contributed by atoms with Crippen molar-refractivity contribution < 1.29 is 8.42 Å². The molecule has 0 saturated heterocycles. The number of nitrogens with zero attached hydrogens (tertiary/aromatic N) is 1. The molecule has 3 N–H and O–H groups in total. The van der Waals surface area contributed by atoms with Crippen molar-refractivity contribution in [1.29, 1.82) is 0 Å². The molecule has 1 aromatic rings. The maximum atomic E-state index is 12.5. The third-order valence-corrected chi connectivity index (χ3v) is 4.66. The highest BCUT2D eigenvalue weighted by Crippen LogP contribution is 2.28. The molecule has 1 atom stereocenters. The van der Waals surface area contributed by atoms with E-state index in [0.29, 0.717) is 13.0 Å². The van der Waals surface area contributed by atoms with Gasteiger partial charge in [0.15, 0.2) is 0 Å². The fraction of sp³-hybridized carbons (Fsp3) is 0.538. The minimum absolute atomic E-state index is 0.175. The van der Waals surface area contributed by atoms with E-state index >= 15 is 0 Å². The lowest BCUT2D eigenvalue weighted by atomic mass is 10.0. The molecule has 0 aliphatic carbocycles. The summed E-state index contributed by atoms with van der Waals surface area (Å²) in [5, 5.41) is 0. The largest absolute Gasteiger partial charge is 0.326 e. The summed E-state index contributed by atoms with van der Waals surface area (Å²) >= 11 is 0. The van der Waals surface area contributed by atoms with Crippen molar-refractivity contribution in [3.63, 3.8) is 0 Å². The van der Waals surface area contributed by atoms with E-state index < -0.39 is 15.7 Å². The molecule has 2 rings (SSSR count). The van der Waals surface area contributed by atoms with Crippen molar-refractivity contribution in [2.75, 3.05) is 10.8 Å². The van der Waals surface area contributed by atoms with Crippen LogP contribution in [0.25, 0.3) is 0 Å². The molecule has 0 bridgehead atoms. The predicted molar refractivity (Wildman–Crippen MR) is 77.3 cm³/mol. The predicted octanol–water partition coefficient (Wildman–Crippen LogP) is 1.01. The molecular formula is C13H21N3O2S. The molecule has 0 radical (unpaired) electrons. The van der Waals surface area contributed by atoms with Crippen molar-refractivity contribution >= 4 is 15.9 Å². The summed E-state index contributed by atoms with van der Waals surface area (Å²) in [4.78, 5) is 0. The minimum Gasteiger partial charge on any atom is -0.326 e. The number of fused-ring (bicyclic) bond motifs is 1. The maximum Gasteiger partial charge on any atom is 0.302 e. The molecule has 1 aliphatic heterocycles. The highest BCUT2D eigenvalue weighted by Gasteiger charge is 2.32. The lowest BCUT2D eigenvalue weighted by Gasteiger charge is -2.35. The van der Waals surface area contributed by atoms with E-state index in [1.807, 2.05) is 45.0 Å². The average molecular weight is 283 g/mol. The van der Waals surface area contributed by atoms with E-state index in [9.17, 15) is 8.42 Å². The van der Waals surface area contributed by atoms with Gasteiger partial charge in [0.1, 0.15) is 0 Å². The molecular weight excluding hydrogens is 262 g/mol. The Kier molecular flexibility index (Phi) is 3.59. The second-order valence-electron chi connectivity index (χ2n) is 5.98. The summed E-state index contributed by atoms with van der Waals surface area (Å²) in [7, 11) is -3.58. The number of hydrogen-bond acceptors (Lipinski definition) is 3. The first-order valence-corrected chi connectivity index (χ1v) is 7.78. The van der Waals surface area contributed by atoms with Crippen LogP contribution in [-0.4, -0.2) is 26.5 Å². The van der Waals surface area contributed by atoms with Gasteiger partial charge in [-0.3, -0.25) is 4.31 Å². The van der Waals surface area contributed by atoms with Gasteiger partial charge in [-0.1, -0.05) is 18.2 Å². The minimum atomic E-state index is -3.58. The van der Waals surface area contributed by atoms with E-state index in [-0.39, 0.29) is 6.04 Å². The van der Waals surface area contributed by atoms with Crippen LogP contribution in [0.3, 0.4) is 0 Å². The Hall–Kier alpha value is -1.11. The van der Waals surface area contributed by atoms with Crippen molar-refractivity contribution in [3.05, 3.63) is 29.8 Å². The zero-order valence-electron chi connectivity index (χ0n) is 11.6. The molecule has 1 aromatic carbocycles. The number of hydrogen-bond donors (Lipinski definition) is 2. The fourth-order valence-electron chi connectivity index (χ4n) is 2.25. The summed E-state index contributed by atoms with van der Waals surface area (Å²) in [5.74, 6) is 0. The number of rotatable bonds is 2. The van der Waals surface area contributed by atoms with Crippen molar-refractivity contribution in [2.24, 2.45) is 5.73 Å². The Morgan fingerprint density at radius 1 is 1.32 bits per heavy atom. The van der Waals surface area contributed by atoms with Gasteiger partial charge in [0.25, 0.3) is 0 Å². The van der Waals surface area contributed by atoms with Gasteiger partial charge in [-0.15, -0.1) is 0 Å². The Labute approximate surface area is 115 Å². The van der Waals surface area contributed by atoms with Gasteiger partial charge in [-0.05, 0) is 38.8 Å². The molecule has 0 saturated carbocycles. The highest BCUT2D eigenvalue weighted by atomic mass is 32.2. The molecule has 0 spiro atoms. The molecule has 106 valence electrons. The first kappa shape index (κ1) is 14.3. The van der Waals surface area contributed by atoms with E-state index in [4.69, 9.17) is 5.73 Å². The quantitative estimate of drug-likeness (QED) is 0.850. The van der Waals surface area contributed by atoms with Crippen LogP contribution >= 0.6 is 0 Å². The molecule has 1 unspecified atom stereocenters. The van der Waals surface area contributed by atoms with Gasteiger partial charge in [-0.2, -0.15) is 13.1 Å². The van der Waals surface area contributed by atoms with Gasteiger partial charge >= 0.3 is 10.2 Å². The summed E-state index contributed by atoms with van der Waals surface area (Å²) in [5.41, 5.74) is 7.14. The second kappa shape index (κ2) is 4.77. The van der Waals surface area contributed by atoms with E-state index in [1.165, 1.54) is 4.31 Å². The van der Waals surface area contributed by atoms with Crippen molar-refractivity contribution in [3.8, 4) is 0 Å². The highest BCUT2D eigenvalue weighted by molar-refractivity contribution is 7.90. The first-order valence-electron chi connectivity index (χ1n) is 6.34. The van der Waals surface area contributed by atoms with Crippen molar-refractivity contribution in [1.82, 2.24) is 4.72 Å². The summed E-state index contributed by atoms with van der Waals surface area (Å²) < 4.78 is 29.0. The monoisotopic (exact) mass is 283 g/mol. The normalized spacial score (nSPS) is 20.2. The van der Waals surface area contributed by atoms with Crippen LogP contribution in [-0.2, 0) is 16.6 Å². The van der Waals surface area contributed by atoms with Crippen LogP contribution in [0.4, 0.5) is 5.69 Å². The molecule has 6 heteroatoms. The third kappa shape index (κ3) is 3.26. The Bertz CT molecular complexity index is 563. The van der Waals surface area contributed by atoms with Gasteiger partial charge in [0, 0.05) is 11.6 Å². The van der Waals surface area contributed by atoms with Crippen LogP contribution in [0.5, 0.6) is 0 Å². The summed E-state index contributed by atoms with van der Waals surface area (Å²) in [6.07, 6.45) is 0.706. The maximum absolute atomic E-state index is 12.5. The lowest BCUT2D eigenvalue weighted by molar-refractivity contribution is 0.485. The smallest absolute Gasteiger partial charge is 0.302 e. The van der Waals surface area contributed by atoms with Crippen LogP contribution in [0, 0.1) is 0 Å². The standard InChI is InChI=1S/C13H21N3O2S/c1-13(2,3)15-19(17,18)16-9-11(14)8-10-6-4-5-7-12(10)16/h4-7,11,15H,8-9,14H2,1-3H3. The van der Waals surface area contributed by atoms with E-state index in [0.717, 1.165) is 11.3 Å². The Morgan fingerprint density at radius 2 is 1.95 bits per heavy atom. The van der Waals surface area contributed by atoms with Gasteiger partial charge < -0.3 is 5.73 Å². The zero-order valence-corrected chi connectivity index (χ0v) is 12.4. The molecule has 1 aliphatic rings. The number of benzene rings is 1. The molecule has 19 heavy (non-hydrogen) atoms. The zero-order chi connectivity index (χ0) is 14.3. The van der Waals surface area contributed by atoms with Crippen molar-refractivity contribution in [2.45, 2.75) is 38.8 Å². The Morgan fingerprint density at radius 3 is 2.58 bits per heavy atom. The third-order valence-electron chi connectivity index (χ3n) is 2.87. The molecule has 1 heterocycles. The van der Waals surface area contributed by atoms with Gasteiger partial charge in [0.05, 0.1) is 12.2 Å². The number of nitrogens with two attached hydrogens (primary N) is 1. The molecule has 0 fully saturated rings. The van der Waals surface area contributed by atoms with Crippen LogP contribution < -0.4 is 14.8 Å². The number of para-hydroxylation sites is 1. The number of anilines is 1. The molecule has 5 nitrogen and oxygen atoms in total. The first-order chi connectivity index (χ1) is 8.69. The summed E-state index contributed by atoms with van der Waals surface area (Å²) in [6.45, 7) is 5.77. The Balaban J connectivity index is 2.40. The van der Waals surface area contributed by atoms with Gasteiger partial charge in [-0.25, -0.2) is 0 Å². The summed E-state index contributed by atoms with van der Waals surface area (Å²) in [6, 6.07) is 7.32. The molecule has 0 aromatic heterocycles. The van der Waals surface area contributed by atoms with Gasteiger partial charge in [0.2, 0.25) is 0 Å². The van der Waals surface area contributed by atoms with Crippen LogP contribution in [0.1, 0.15) is 26.3 Å². The van der Waals surface area contributed by atoms with E-state index in [2.05, 4.69) is 4.72 Å². The average Bonchev–Trinajstić information content (AvgIpc) is 2.24. The topological polar surface area (TPSA) is 75.4 Å². The van der Waals surface area contributed by atoms with Crippen LogP contribution in [0.2, 0.25) is 0 Å². The SMILES string of the molecule is CC(C)(C)NS(=O)(=O)N1CC(N)Cc2ccccc21. The van der Waals surface area contributed by atoms with E-state index in [1.54, 1.807) is 0 Å². The van der Waals surface area contributed by atoms with Crippen LogP contribution in [0.15, 0.2) is 24.3 Å². The fourth-order valence-corrected chi connectivity index (χ4v) is 3.96. The lowest BCUT2D eigenvalue weighted by Crippen LogP contribution is -2.54. The molecule has 0 amide bonds.